The first-order valence-electron chi connectivity index (χ1n) is 5.48. The van der Waals surface area contributed by atoms with Crippen LogP contribution in [-0.4, -0.2) is 42.5 Å². The number of ether oxygens (including phenoxy) is 1. The Morgan fingerprint density at radius 3 is 2.78 bits per heavy atom. The lowest BCUT2D eigenvalue weighted by Gasteiger charge is -2.25. The summed E-state index contributed by atoms with van der Waals surface area (Å²) in [5.74, 6) is 0.933. The van der Waals surface area contributed by atoms with Gasteiger partial charge in [0, 0.05) is 0 Å². The molecule has 0 bridgehead atoms. The Morgan fingerprint density at radius 1 is 1.50 bits per heavy atom. The number of rotatable bonds is 3. The fourth-order valence-electron chi connectivity index (χ4n) is 2.04. The maximum absolute atomic E-state index is 11.5. The molecule has 2 rings (SSSR count). The summed E-state index contributed by atoms with van der Waals surface area (Å²) in [6, 6.07) is 0. The van der Waals surface area contributed by atoms with Crippen molar-refractivity contribution in [1.82, 2.24) is 9.97 Å². The van der Waals surface area contributed by atoms with E-state index < -0.39 is 15.4 Å². The molecule has 1 aromatic heterocycles. The monoisotopic (exact) mass is 272 g/mol. The molecule has 1 aromatic rings. The van der Waals surface area contributed by atoms with Gasteiger partial charge in [-0.2, -0.15) is 4.98 Å². The van der Waals surface area contributed by atoms with E-state index in [0.717, 1.165) is 0 Å². The number of hydrogen-bond acceptors (Lipinski definition) is 7. The fraction of sp³-hybridized carbons (Fsp3) is 0.600. The molecule has 7 nitrogen and oxygen atoms in total. The molecule has 0 aromatic carbocycles. The number of nitrogen functional groups attached to an aromatic ring is 1. The van der Waals surface area contributed by atoms with Crippen molar-refractivity contribution in [2.24, 2.45) is 0 Å². The Bertz CT molecular complexity index is 560. The third-order valence-electron chi connectivity index (χ3n) is 2.96. The van der Waals surface area contributed by atoms with E-state index in [1.165, 1.54) is 13.4 Å². The van der Waals surface area contributed by atoms with Crippen molar-refractivity contribution in [2.45, 2.75) is 18.9 Å². The number of aromatic nitrogens is 2. The van der Waals surface area contributed by atoms with Gasteiger partial charge in [-0.3, -0.25) is 0 Å². The minimum atomic E-state index is -2.98. The molecular formula is C10H16N4O3S. The van der Waals surface area contributed by atoms with E-state index in [9.17, 15) is 8.42 Å². The molecule has 0 amide bonds. The Kier molecular flexibility index (Phi) is 3.05. The predicted octanol–water partition coefficient (Wildman–Crippen LogP) is 0.0565. The number of nitrogens with zero attached hydrogens (tertiary/aromatic N) is 2. The summed E-state index contributed by atoms with van der Waals surface area (Å²) in [5, 5.41) is 3.08. The van der Waals surface area contributed by atoms with Gasteiger partial charge in [0.25, 0.3) is 0 Å². The number of anilines is 2. The first-order chi connectivity index (χ1) is 8.35. The van der Waals surface area contributed by atoms with E-state index in [0.29, 0.717) is 12.2 Å². The highest BCUT2D eigenvalue weighted by Crippen LogP contribution is 2.31. The summed E-state index contributed by atoms with van der Waals surface area (Å²) in [4.78, 5) is 7.89. The minimum absolute atomic E-state index is 0.0752. The average molecular weight is 272 g/mol. The van der Waals surface area contributed by atoms with Crippen molar-refractivity contribution in [2.75, 3.05) is 29.7 Å². The van der Waals surface area contributed by atoms with Crippen molar-refractivity contribution in [1.29, 1.82) is 0 Å². The highest BCUT2D eigenvalue weighted by molar-refractivity contribution is 7.91. The van der Waals surface area contributed by atoms with Gasteiger partial charge < -0.3 is 15.8 Å². The van der Waals surface area contributed by atoms with Crippen molar-refractivity contribution in [3.05, 3.63) is 6.33 Å². The molecule has 0 spiro atoms. The Balaban J connectivity index is 2.25. The average Bonchev–Trinajstić information content (AvgIpc) is 2.56. The summed E-state index contributed by atoms with van der Waals surface area (Å²) < 4.78 is 28.0. The molecule has 0 radical (unpaired) electrons. The molecule has 1 aliphatic rings. The molecule has 1 unspecified atom stereocenters. The highest BCUT2D eigenvalue weighted by Gasteiger charge is 2.39. The van der Waals surface area contributed by atoms with Gasteiger partial charge in [0.2, 0.25) is 5.88 Å². The van der Waals surface area contributed by atoms with Crippen molar-refractivity contribution in [3.8, 4) is 5.88 Å². The van der Waals surface area contributed by atoms with E-state index in [2.05, 4.69) is 15.3 Å². The van der Waals surface area contributed by atoms with E-state index in [4.69, 9.17) is 10.5 Å². The lowest BCUT2D eigenvalue weighted by atomic mass is 10.0. The Labute approximate surface area is 106 Å². The molecule has 3 N–H and O–H groups in total. The number of hydrogen-bond donors (Lipinski definition) is 2. The maximum Gasteiger partial charge on any atom is 0.242 e. The number of nitrogens with one attached hydrogen (secondary N) is 1. The van der Waals surface area contributed by atoms with Crippen molar-refractivity contribution >= 4 is 21.3 Å². The second-order valence-corrected chi connectivity index (χ2v) is 6.86. The normalized spacial score (nSPS) is 25.9. The van der Waals surface area contributed by atoms with Crippen molar-refractivity contribution in [3.63, 3.8) is 0 Å². The molecule has 1 atom stereocenters. The van der Waals surface area contributed by atoms with Crippen LogP contribution in [0.1, 0.15) is 13.3 Å². The summed E-state index contributed by atoms with van der Waals surface area (Å²) in [6.07, 6.45) is 1.85. The molecule has 18 heavy (non-hydrogen) atoms. The van der Waals surface area contributed by atoms with Gasteiger partial charge in [0.15, 0.2) is 15.7 Å². The van der Waals surface area contributed by atoms with Gasteiger partial charge in [-0.25, -0.2) is 13.4 Å². The molecule has 1 saturated heterocycles. The second kappa shape index (κ2) is 4.27. The van der Waals surface area contributed by atoms with E-state index in [1.54, 1.807) is 0 Å². The van der Waals surface area contributed by atoms with E-state index >= 15 is 0 Å². The van der Waals surface area contributed by atoms with Crippen LogP contribution in [0.25, 0.3) is 0 Å². The summed E-state index contributed by atoms with van der Waals surface area (Å²) in [5.41, 5.74) is 5.57. The number of sulfone groups is 1. The van der Waals surface area contributed by atoms with Crippen LogP contribution in [-0.2, 0) is 9.84 Å². The zero-order chi connectivity index (χ0) is 13.4. The van der Waals surface area contributed by atoms with Crippen LogP contribution in [0.4, 0.5) is 11.5 Å². The molecule has 2 heterocycles. The van der Waals surface area contributed by atoms with Crippen LogP contribution in [0.15, 0.2) is 6.33 Å². The highest BCUT2D eigenvalue weighted by atomic mass is 32.2. The topological polar surface area (TPSA) is 107 Å². The quantitative estimate of drug-likeness (QED) is 0.800. The Morgan fingerprint density at radius 2 is 2.22 bits per heavy atom. The Hall–Kier alpha value is -1.57. The van der Waals surface area contributed by atoms with Gasteiger partial charge in [-0.1, -0.05) is 0 Å². The summed E-state index contributed by atoms with van der Waals surface area (Å²) in [6.45, 7) is 1.84. The van der Waals surface area contributed by atoms with Crippen LogP contribution in [0.5, 0.6) is 5.88 Å². The lowest BCUT2D eigenvalue weighted by Crippen LogP contribution is -2.36. The maximum atomic E-state index is 11.5. The lowest BCUT2D eigenvalue weighted by molar-refractivity contribution is 0.399. The molecular weight excluding hydrogens is 256 g/mol. The van der Waals surface area contributed by atoms with Gasteiger partial charge in [-0.15, -0.1) is 0 Å². The van der Waals surface area contributed by atoms with Crippen LogP contribution >= 0.6 is 0 Å². The second-order valence-electron chi connectivity index (χ2n) is 4.67. The first-order valence-corrected chi connectivity index (χ1v) is 7.30. The molecule has 100 valence electrons. The molecule has 1 fully saturated rings. The van der Waals surface area contributed by atoms with Gasteiger partial charge in [0.05, 0.1) is 24.2 Å². The van der Waals surface area contributed by atoms with E-state index in [-0.39, 0.29) is 23.1 Å². The molecule has 0 saturated carbocycles. The molecule has 0 aliphatic carbocycles. The predicted molar refractivity (Wildman–Crippen MR) is 68.3 cm³/mol. The molecule has 1 aliphatic heterocycles. The summed E-state index contributed by atoms with van der Waals surface area (Å²) >= 11 is 0. The van der Waals surface area contributed by atoms with Crippen LogP contribution in [0.3, 0.4) is 0 Å². The van der Waals surface area contributed by atoms with Crippen LogP contribution in [0, 0.1) is 0 Å². The molecule has 8 heteroatoms. The smallest absolute Gasteiger partial charge is 0.242 e. The largest absolute Gasteiger partial charge is 0.479 e. The standard InChI is InChI=1S/C10H16N4O3S/c1-10(3-4-18(15,16)5-10)14-8-7(11)9(17-2)13-6-12-8/h6H,3-5,11H2,1-2H3,(H,12,13,14). The third-order valence-corrected chi connectivity index (χ3v) is 4.87. The zero-order valence-corrected chi connectivity index (χ0v) is 11.1. The number of nitrogens with two attached hydrogens (primary N) is 1. The van der Waals surface area contributed by atoms with Crippen molar-refractivity contribution < 1.29 is 13.2 Å². The fourth-order valence-corrected chi connectivity index (χ4v) is 4.13. The van der Waals surface area contributed by atoms with Gasteiger partial charge in [0.1, 0.15) is 12.0 Å². The summed E-state index contributed by atoms with van der Waals surface area (Å²) in [7, 11) is -1.52. The number of methoxy groups -OCH3 is 1. The third kappa shape index (κ3) is 2.47. The van der Waals surface area contributed by atoms with Gasteiger partial charge in [-0.05, 0) is 13.3 Å². The van der Waals surface area contributed by atoms with Crippen LogP contribution < -0.4 is 15.8 Å². The first kappa shape index (κ1) is 12.9. The van der Waals surface area contributed by atoms with Gasteiger partial charge >= 0.3 is 0 Å². The van der Waals surface area contributed by atoms with Crippen LogP contribution in [0.2, 0.25) is 0 Å². The zero-order valence-electron chi connectivity index (χ0n) is 10.3. The van der Waals surface area contributed by atoms with E-state index in [1.807, 2.05) is 6.92 Å². The minimum Gasteiger partial charge on any atom is -0.479 e. The SMILES string of the molecule is COc1ncnc(NC2(C)CCS(=O)(=O)C2)c1N.